The number of hydrogen-bond acceptors (Lipinski definition) is 2. The fourth-order valence-electron chi connectivity index (χ4n) is 1.39. The second-order valence-electron chi connectivity index (χ2n) is 3.75. The molecule has 1 atom stereocenters. The molecule has 0 aliphatic rings. The molecule has 4 heteroatoms. The first-order valence-electron chi connectivity index (χ1n) is 4.86. The Bertz CT molecular complexity index is 431. The molecule has 0 heterocycles. The Morgan fingerprint density at radius 1 is 1.50 bits per heavy atom. The number of carbonyl (C=O) groups excluding carboxylic acids is 1. The van der Waals surface area contributed by atoms with E-state index in [1.165, 1.54) is 18.2 Å². The second kappa shape index (κ2) is 5.09. The fraction of sp³-hybridized carbons (Fsp3) is 0.333. The van der Waals surface area contributed by atoms with Crippen LogP contribution in [0.25, 0.3) is 0 Å². The van der Waals surface area contributed by atoms with Crippen LogP contribution in [-0.2, 0) is 4.79 Å². The number of benzene rings is 1. The molecule has 0 spiro atoms. The topological polar surface area (TPSA) is 40.9 Å². The first kappa shape index (κ1) is 12.7. The van der Waals surface area contributed by atoms with Crippen LogP contribution in [0.1, 0.15) is 25.3 Å². The first-order valence-corrected chi connectivity index (χ1v) is 5.24. The van der Waals surface area contributed by atoms with Crippen LogP contribution in [0.2, 0.25) is 5.02 Å². The van der Waals surface area contributed by atoms with E-state index in [0.29, 0.717) is 0 Å². The van der Waals surface area contributed by atoms with Crippen molar-refractivity contribution >= 4 is 17.4 Å². The zero-order valence-electron chi connectivity index (χ0n) is 9.00. The van der Waals surface area contributed by atoms with Crippen molar-refractivity contribution < 1.29 is 9.18 Å². The van der Waals surface area contributed by atoms with Gasteiger partial charge in [-0.15, -0.1) is 0 Å². The van der Waals surface area contributed by atoms with Crippen LogP contribution in [0.15, 0.2) is 18.2 Å². The van der Waals surface area contributed by atoms with Crippen molar-refractivity contribution in [3.63, 3.8) is 0 Å². The largest absolute Gasteiger partial charge is 0.298 e. The normalized spacial score (nSPS) is 12.2. The zero-order valence-corrected chi connectivity index (χ0v) is 9.75. The summed E-state index contributed by atoms with van der Waals surface area (Å²) in [5.74, 6) is -2.41. The van der Waals surface area contributed by atoms with Gasteiger partial charge < -0.3 is 0 Å². The van der Waals surface area contributed by atoms with Crippen molar-refractivity contribution in [1.29, 1.82) is 5.26 Å². The summed E-state index contributed by atoms with van der Waals surface area (Å²) in [6, 6.07) is 5.91. The summed E-state index contributed by atoms with van der Waals surface area (Å²) in [7, 11) is 0. The third kappa shape index (κ3) is 2.40. The molecule has 0 fully saturated rings. The maximum atomic E-state index is 13.5. The molecular weight excluding hydrogens is 229 g/mol. The molecule has 1 rings (SSSR count). The number of hydrogen-bond donors (Lipinski definition) is 0. The molecule has 0 aromatic heterocycles. The van der Waals surface area contributed by atoms with Gasteiger partial charge in [0.1, 0.15) is 11.7 Å². The standard InChI is InChI=1S/C12H11ClFNO/c1-7(2)12(16)8(6-15)11-9(13)4-3-5-10(11)14/h3-5,7-8H,1-2H3. The first-order chi connectivity index (χ1) is 7.49. The van der Waals surface area contributed by atoms with E-state index in [0.717, 1.165) is 0 Å². The molecule has 0 aliphatic carbocycles. The molecule has 84 valence electrons. The summed E-state index contributed by atoms with van der Waals surface area (Å²) in [4.78, 5) is 11.7. The highest BCUT2D eigenvalue weighted by molar-refractivity contribution is 6.31. The van der Waals surface area contributed by atoms with Crippen molar-refractivity contribution in [3.8, 4) is 6.07 Å². The third-order valence-corrected chi connectivity index (χ3v) is 2.60. The summed E-state index contributed by atoms with van der Waals surface area (Å²) in [5.41, 5.74) is -0.0228. The van der Waals surface area contributed by atoms with Gasteiger partial charge in [0.05, 0.1) is 6.07 Å². The highest BCUT2D eigenvalue weighted by Crippen LogP contribution is 2.29. The van der Waals surface area contributed by atoms with E-state index >= 15 is 0 Å². The maximum Gasteiger partial charge on any atom is 0.157 e. The number of halogens is 2. The molecule has 0 N–H and O–H groups in total. The number of nitriles is 1. The Labute approximate surface area is 98.6 Å². The van der Waals surface area contributed by atoms with Gasteiger partial charge in [0.25, 0.3) is 0 Å². The smallest absolute Gasteiger partial charge is 0.157 e. The Morgan fingerprint density at radius 2 is 2.12 bits per heavy atom. The predicted octanol–water partition coefficient (Wildman–Crippen LogP) is 3.31. The molecule has 0 radical (unpaired) electrons. The van der Waals surface area contributed by atoms with Crippen molar-refractivity contribution in [1.82, 2.24) is 0 Å². The molecule has 1 aromatic rings. The fourth-order valence-corrected chi connectivity index (χ4v) is 1.66. The number of Topliss-reactive ketones (excluding diaryl/α,β-unsaturated/α-hetero) is 1. The number of rotatable bonds is 3. The van der Waals surface area contributed by atoms with Gasteiger partial charge in [-0.1, -0.05) is 31.5 Å². The minimum absolute atomic E-state index is 0.0228. The quantitative estimate of drug-likeness (QED) is 0.812. The van der Waals surface area contributed by atoms with Crippen molar-refractivity contribution in [2.24, 2.45) is 5.92 Å². The average Bonchev–Trinajstić information content (AvgIpc) is 2.22. The lowest BCUT2D eigenvalue weighted by atomic mass is 9.89. The molecule has 1 aromatic carbocycles. The monoisotopic (exact) mass is 239 g/mol. The molecule has 2 nitrogen and oxygen atoms in total. The zero-order chi connectivity index (χ0) is 12.3. The van der Waals surface area contributed by atoms with Crippen molar-refractivity contribution in [3.05, 3.63) is 34.6 Å². The van der Waals surface area contributed by atoms with Gasteiger partial charge in [0.15, 0.2) is 5.78 Å². The van der Waals surface area contributed by atoms with E-state index in [1.807, 2.05) is 6.07 Å². The molecular formula is C12H11ClFNO. The van der Waals surface area contributed by atoms with E-state index in [2.05, 4.69) is 0 Å². The Hall–Kier alpha value is -1.40. The Balaban J connectivity index is 3.26. The van der Waals surface area contributed by atoms with Gasteiger partial charge in [-0.25, -0.2) is 4.39 Å². The number of nitrogens with zero attached hydrogens (tertiary/aromatic N) is 1. The Morgan fingerprint density at radius 3 is 2.56 bits per heavy atom. The van der Waals surface area contributed by atoms with E-state index in [1.54, 1.807) is 13.8 Å². The van der Waals surface area contributed by atoms with Gasteiger partial charge in [-0.2, -0.15) is 5.26 Å². The summed E-state index contributed by atoms with van der Waals surface area (Å²) < 4.78 is 13.5. The molecule has 0 saturated carbocycles. The van der Waals surface area contributed by atoms with Crippen LogP contribution in [-0.4, -0.2) is 5.78 Å². The minimum Gasteiger partial charge on any atom is -0.298 e. The van der Waals surface area contributed by atoms with Crippen LogP contribution in [0.3, 0.4) is 0 Å². The highest BCUT2D eigenvalue weighted by Gasteiger charge is 2.27. The number of carbonyl (C=O) groups is 1. The van der Waals surface area contributed by atoms with Crippen molar-refractivity contribution in [2.45, 2.75) is 19.8 Å². The number of ketones is 1. The van der Waals surface area contributed by atoms with Gasteiger partial charge in [-0.3, -0.25) is 4.79 Å². The molecule has 0 amide bonds. The summed E-state index contributed by atoms with van der Waals surface area (Å²) in [6.07, 6.45) is 0. The molecule has 0 aliphatic heterocycles. The molecule has 1 unspecified atom stereocenters. The minimum atomic E-state index is -1.13. The lowest BCUT2D eigenvalue weighted by Crippen LogP contribution is -2.18. The van der Waals surface area contributed by atoms with Crippen LogP contribution in [0, 0.1) is 23.1 Å². The van der Waals surface area contributed by atoms with Gasteiger partial charge >= 0.3 is 0 Å². The molecule has 0 bridgehead atoms. The predicted molar refractivity (Wildman–Crippen MR) is 59.6 cm³/mol. The van der Waals surface area contributed by atoms with E-state index in [4.69, 9.17) is 16.9 Å². The van der Waals surface area contributed by atoms with Crippen molar-refractivity contribution in [2.75, 3.05) is 0 Å². The summed E-state index contributed by atoms with van der Waals surface area (Å²) >= 11 is 5.81. The van der Waals surface area contributed by atoms with Crippen LogP contribution < -0.4 is 0 Å². The average molecular weight is 240 g/mol. The van der Waals surface area contributed by atoms with E-state index in [9.17, 15) is 9.18 Å². The lowest BCUT2D eigenvalue weighted by molar-refractivity contribution is -0.122. The maximum absolute atomic E-state index is 13.5. The SMILES string of the molecule is CC(C)C(=O)C(C#N)c1c(F)cccc1Cl. The van der Waals surface area contributed by atoms with Gasteiger partial charge in [-0.05, 0) is 12.1 Å². The highest BCUT2D eigenvalue weighted by atomic mass is 35.5. The molecule has 16 heavy (non-hydrogen) atoms. The van der Waals surface area contributed by atoms with E-state index in [-0.39, 0.29) is 22.3 Å². The summed E-state index contributed by atoms with van der Waals surface area (Å²) in [5, 5.41) is 9.06. The van der Waals surface area contributed by atoms with Crippen LogP contribution in [0.5, 0.6) is 0 Å². The van der Waals surface area contributed by atoms with Crippen LogP contribution in [0.4, 0.5) is 4.39 Å². The van der Waals surface area contributed by atoms with Crippen LogP contribution >= 0.6 is 11.6 Å². The third-order valence-electron chi connectivity index (χ3n) is 2.27. The molecule has 0 saturated heterocycles. The van der Waals surface area contributed by atoms with Gasteiger partial charge in [0.2, 0.25) is 0 Å². The van der Waals surface area contributed by atoms with E-state index < -0.39 is 11.7 Å². The van der Waals surface area contributed by atoms with Gasteiger partial charge in [0, 0.05) is 16.5 Å². The lowest BCUT2D eigenvalue weighted by Gasteiger charge is -2.13. The Kier molecular flexibility index (Phi) is 4.03. The summed E-state index contributed by atoms with van der Waals surface area (Å²) in [6.45, 7) is 3.34. The second-order valence-corrected chi connectivity index (χ2v) is 4.16.